The van der Waals surface area contributed by atoms with Crippen LogP contribution in [0.25, 0.3) is 89.2 Å². The first-order chi connectivity index (χ1) is 25.2. The average molecular weight is 653 g/mol. The highest BCUT2D eigenvalue weighted by atomic mass is 15.0. The van der Waals surface area contributed by atoms with Crippen molar-refractivity contribution < 1.29 is 0 Å². The highest BCUT2D eigenvalue weighted by Gasteiger charge is 2.15. The largest absolute Gasteiger partial charge is 0.252 e. The zero-order chi connectivity index (χ0) is 34.1. The molecule has 2 aromatic heterocycles. The van der Waals surface area contributed by atoms with E-state index in [9.17, 15) is 0 Å². The molecule has 51 heavy (non-hydrogen) atoms. The lowest BCUT2D eigenvalue weighted by Crippen LogP contribution is -2.00. The van der Waals surface area contributed by atoms with Crippen LogP contribution in [-0.2, 0) is 0 Å². The predicted octanol–water partition coefficient (Wildman–Crippen LogP) is 11.9. The Labute approximate surface area is 296 Å². The molecule has 0 unspecified atom stereocenters. The minimum Gasteiger partial charge on any atom is -0.252 e. The maximum absolute atomic E-state index is 5.09. The molecule has 9 rings (SSSR count). The molecule has 0 aliphatic heterocycles. The molecular formula is C47H32N4. The number of rotatable bonds is 6. The van der Waals surface area contributed by atoms with Crippen molar-refractivity contribution in [2.75, 3.05) is 0 Å². The molecule has 4 heteroatoms. The van der Waals surface area contributed by atoms with E-state index in [0.29, 0.717) is 17.5 Å². The summed E-state index contributed by atoms with van der Waals surface area (Å²) in [5.74, 6) is 1.95. The van der Waals surface area contributed by atoms with Gasteiger partial charge in [0.1, 0.15) is 0 Å². The van der Waals surface area contributed by atoms with E-state index in [-0.39, 0.29) is 0 Å². The molecule has 240 valence electrons. The molecule has 0 radical (unpaired) electrons. The number of aryl methyl sites for hydroxylation is 1. The van der Waals surface area contributed by atoms with Crippen LogP contribution >= 0.6 is 0 Å². The summed E-state index contributed by atoms with van der Waals surface area (Å²) in [4.78, 5) is 19.8. The average Bonchev–Trinajstić information content (AvgIpc) is 3.21. The highest BCUT2D eigenvalue weighted by molar-refractivity contribution is 6.05. The number of nitrogens with zero attached hydrogens (tertiary/aromatic N) is 4. The van der Waals surface area contributed by atoms with Crippen molar-refractivity contribution in [3.8, 4) is 67.7 Å². The van der Waals surface area contributed by atoms with E-state index in [1.807, 2.05) is 60.7 Å². The first-order valence-electron chi connectivity index (χ1n) is 17.1. The first kappa shape index (κ1) is 30.3. The molecular weight excluding hydrogens is 621 g/mol. The molecule has 0 atom stereocenters. The van der Waals surface area contributed by atoms with Crippen molar-refractivity contribution >= 4 is 21.5 Å². The first-order valence-corrected chi connectivity index (χ1v) is 17.1. The molecule has 0 aliphatic rings. The van der Waals surface area contributed by atoms with Gasteiger partial charge < -0.3 is 0 Å². The van der Waals surface area contributed by atoms with E-state index in [4.69, 9.17) is 19.9 Å². The van der Waals surface area contributed by atoms with E-state index in [1.54, 1.807) is 0 Å². The quantitative estimate of drug-likeness (QED) is 0.179. The Bertz CT molecular complexity index is 2630. The smallest absolute Gasteiger partial charge is 0.164 e. The van der Waals surface area contributed by atoms with Crippen molar-refractivity contribution in [2.45, 2.75) is 6.92 Å². The number of hydrogen-bond acceptors (Lipinski definition) is 4. The molecule has 4 nitrogen and oxygen atoms in total. The van der Waals surface area contributed by atoms with Gasteiger partial charge in [-0.15, -0.1) is 0 Å². The summed E-state index contributed by atoms with van der Waals surface area (Å²) >= 11 is 0. The van der Waals surface area contributed by atoms with Gasteiger partial charge in [-0.05, 0) is 57.3 Å². The molecule has 0 aliphatic carbocycles. The van der Waals surface area contributed by atoms with E-state index < -0.39 is 0 Å². The SMILES string of the molecule is Cc1nc(-c2ccc3ccccc3c2)ccc1-c1ccc(-c2ccc(-c3nc(-c4ccccc4)nc(-c4ccccc4)n3)cc2)c2ccccc12. The second-order valence-electron chi connectivity index (χ2n) is 12.7. The normalized spacial score (nSPS) is 11.2. The Hall–Kier alpha value is -6.78. The Morgan fingerprint density at radius 3 is 1.41 bits per heavy atom. The summed E-state index contributed by atoms with van der Waals surface area (Å²) < 4.78 is 0. The van der Waals surface area contributed by atoms with Gasteiger partial charge in [0.25, 0.3) is 0 Å². The van der Waals surface area contributed by atoms with Crippen molar-refractivity contribution in [1.82, 2.24) is 19.9 Å². The zero-order valence-electron chi connectivity index (χ0n) is 28.0. The van der Waals surface area contributed by atoms with Crippen LogP contribution in [0.5, 0.6) is 0 Å². The number of aromatic nitrogens is 4. The van der Waals surface area contributed by atoms with E-state index >= 15 is 0 Å². The van der Waals surface area contributed by atoms with Crippen LogP contribution in [-0.4, -0.2) is 19.9 Å². The minimum absolute atomic E-state index is 0.643. The molecule has 0 bridgehead atoms. The summed E-state index contributed by atoms with van der Waals surface area (Å²) in [6.07, 6.45) is 0. The topological polar surface area (TPSA) is 51.6 Å². The number of fused-ring (bicyclic) bond motifs is 2. The van der Waals surface area contributed by atoms with Gasteiger partial charge >= 0.3 is 0 Å². The lowest BCUT2D eigenvalue weighted by molar-refractivity contribution is 1.07. The molecule has 0 fully saturated rings. The van der Waals surface area contributed by atoms with Gasteiger partial charge in [-0.25, -0.2) is 15.0 Å². The van der Waals surface area contributed by atoms with Gasteiger partial charge in [0, 0.05) is 33.5 Å². The van der Waals surface area contributed by atoms with Crippen molar-refractivity contribution in [2.24, 2.45) is 0 Å². The van der Waals surface area contributed by atoms with Gasteiger partial charge in [0.05, 0.1) is 5.69 Å². The molecule has 2 heterocycles. The van der Waals surface area contributed by atoms with Gasteiger partial charge in [-0.1, -0.05) is 164 Å². The van der Waals surface area contributed by atoms with Gasteiger partial charge in [-0.2, -0.15) is 0 Å². The summed E-state index contributed by atoms with van der Waals surface area (Å²) in [6.45, 7) is 2.11. The van der Waals surface area contributed by atoms with E-state index in [1.165, 1.54) is 32.7 Å². The van der Waals surface area contributed by atoms with Crippen LogP contribution in [0.2, 0.25) is 0 Å². The third kappa shape index (κ3) is 5.83. The minimum atomic E-state index is 0.643. The molecule has 7 aromatic carbocycles. The Balaban J connectivity index is 1.07. The van der Waals surface area contributed by atoms with Crippen LogP contribution in [0, 0.1) is 6.92 Å². The second-order valence-corrected chi connectivity index (χ2v) is 12.7. The van der Waals surface area contributed by atoms with Crippen molar-refractivity contribution in [3.05, 3.63) is 182 Å². The van der Waals surface area contributed by atoms with Crippen molar-refractivity contribution in [3.63, 3.8) is 0 Å². The lowest BCUT2D eigenvalue weighted by atomic mass is 9.91. The third-order valence-corrected chi connectivity index (χ3v) is 9.50. The molecule has 0 saturated carbocycles. The van der Waals surface area contributed by atoms with Crippen molar-refractivity contribution in [1.29, 1.82) is 0 Å². The number of benzene rings is 7. The molecule has 0 N–H and O–H groups in total. The number of hydrogen-bond donors (Lipinski definition) is 0. The zero-order valence-corrected chi connectivity index (χ0v) is 28.0. The van der Waals surface area contributed by atoms with Crippen LogP contribution in [0.15, 0.2) is 176 Å². The lowest BCUT2D eigenvalue weighted by Gasteiger charge is -2.15. The van der Waals surface area contributed by atoms with Crippen LogP contribution in [0.1, 0.15) is 5.69 Å². The van der Waals surface area contributed by atoms with E-state index in [0.717, 1.165) is 44.8 Å². The van der Waals surface area contributed by atoms with Crippen LogP contribution in [0.4, 0.5) is 0 Å². The summed E-state index contributed by atoms with van der Waals surface area (Å²) in [7, 11) is 0. The van der Waals surface area contributed by atoms with Gasteiger partial charge in [0.15, 0.2) is 17.5 Å². The summed E-state index contributed by atoms with van der Waals surface area (Å²) in [6, 6.07) is 61.1. The molecule has 0 spiro atoms. The Morgan fingerprint density at radius 2 is 0.784 bits per heavy atom. The Morgan fingerprint density at radius 1 is 0.314 bits per heavy atom. The summed E-state index contributed by atoms with van der Waals surface area (Å²) in [5.41, 5.74) is 10.6. The highest BCUT2D eigenvalue weighted by Crippen LogP contribution is 2.38. The maximum Gasteiger partial charge on any atom is 0.164 e. The third-order valence-electron chi connectivity index (χ3n) is 9.50. The molecule has 0 amide bonds. The van der Waals surface area contributed by atoms with Gasteiger partial charge in [-0.3, -0.25) is 4.98 Å². The van der Waals surface area contributed by atoms with E-state index in [2.05, 4.69) is 122 Å². The summed E-state index contributed by atoms with van der Waals surface area (Å²) in [5, 5.41) is 4.84. The predicted molar refractivity (Wildman–Crippen MR) is 210 cm³/mol. The molecule has 0 saturated heterocycles. The fourth-order valence-electron chi connectivity index (χ4n) is 6.88. The molecule has 9 aromatic rings. The van der Waals surface area contributed by atoms with Crippen LogP contribution < -0.4 is 0 Å². The number of pyridine rings is 1. The standard InChI is InChI=1S/C47H32N4/c1-31-39(28-29-44(48-31)38-25-20-32-12-8-9-17-37(32)30-38)43-27-26-40(41-18-10-11-19-42(41)43)33-21-23-36(24-22-33)47-50-45(34-13-4-2-5-14-34)49-46(51-47)35-15-6-3-7-16-35/h2-30H,1H3. The fraction of sp³-hybridized carbons (Fsp3) is 0.0213. The second kappa shape index (κ2) is 12.9. The Kier molecular flexibility index (Phi) is 7.67. The maximum atomic E-state index is 5.09. The van der Waals surface area contributed by atoms with Gasteiger partial charge in [0.2, 0.25) is 0 Å². The fourth-order valence-corrected chi connectivity index (χ4v) is 6.88. The van der Waals surface area contributed by atoms with Crippen LogP contribution in [0.3, 0.4) is 0 Å². The monoisotopic (exact) mass is 652 g/mol.